The first-order valence-corrected chi connectivity index (χ1v) is 8.83. The molecule has 4 rings (SSSR count). The first-order chi connectivity index (χ1) is 12.7. The van der Waals surface area contributed by atoms with E-state index in [0.29, 0.717) is 12.2 Å². The summed E-state index contributed by atoms with van der Waals surface area (Å²) >= 11 is 0. The summed E-state index contributed by atoms with van der Waals surface area (Å²) < 4.78 is 0. The molecule has 0 bridgehead atoms. The van der Waals surface area contributed by atoms with Crippen LogP contribution in [0.5, 0.6) is 0 Å². The lowest BCUT2D eigenvalue weighted by Gasteiger charge is -2.21. The monoisotopic (exact) mass is 343 g/mol. The van der Waals surface area contributed by atoms with Crippen molar-refractivity contribution in [3.63, 3.8) is 0 Å². The zero-order valence-corrected chi connectivity index (χ0v) is 14.8. The van der Waals surface area contributed by atoms with Crippen LogP contribution in [0.2, 0.25) is 0 Å². The summed E-state index contributed by atoms with van der Waals surface area (Å²) in [6, 6.07) is 22.3. The summed E-state index contributed by atoms with van der Waals surface area (Å²) in [7, 11) is 1.81. The van der Waals surface area contributed by atoms with Crippen molar-refractivity contribution in [3.05, 3.63) is 89.7 Å². The molecular weight excluding hydrogens is 322 g/mol. The van der Waals surface area contributed by atoms with Crippen LogP contribution >= 0.6 is 0 Å². The number of benzene rings is 2. The van der Waals surface area contributed by atoms with Crippen molar-refractivity contribution >= 4 is 17.3 Å². The van der Waals surface area contributed by atoms with Crippen LogP contribution in [0, 0.1) is 0 Å². The molecule has 2 aromatic carbocycles. The van der Waals surface area contributed by atoms with Gasteiger partial charge in [0.15, 0.2) is 0 Å². The maximum Gasteiger partial charge on any atom is 0.272 e. The summed E-state index contributed by atoms with van der Waals surface area (Å²) in [5.74, 6) is -0.0665. The highest BCUT2D eigenvalue weighted by atomic mass is 16.2. The second-order valence-corrected chi connectivity index (χ2v) is 6.58. The molecule has 0 saturated carbocycles. The third-order valence-electron chi connectivity index (χ3n) is 4.77. The lowest BCUT2D eigenvalue weighted by atomic mass is 10.2. The molecule has 1 aliphatic heterocycles. The topological polar surface area (TPSA) is 36.4 Å². The smallest absolute Gasteiger partial charge is 0.272 e. The van der Waals surface area contributed by atoms with E-state index >= 15 is 0 Å². The number of hydrogen-bond acceptors (Lipinski definition) is 3. The lowest BCUT2D eigenvalue weighted by Crippen LogP contribution is -2.27. The summed E-state index contributed by atoms with van der Waals surface area (Å²) in [5, 5.41) is 0. The molecule has 0 aliphatic carbocycles. The number of rotatable bonds is 4. The first-order valence-electron chi connectivity index (χ1n) is 8.83. The number of nitrogens with zero attached hydrogens (tertiary/aromatic N) is 3. The van der Waals surface area contributed by atoms with E-state index in [1.807, 2.05) is 49.5 Å². The Balaban J connectivity index is 1.55. The lowest BCUT2D eigenvalue weighted by molar-refractivity contribution is 0.0779. The maximum atomic E-state index is 12.8. The predicted octanol–water partition coefficient (Wildman–Crippen LogP) is 4.05. The van der Waals surface area contributed by atoms with Gasteiger partial charge < -0.3 is 9.80 Å². The average Bonchev–Trinajstić information content (AvgIpc) is 3.12. The Hall–Kier alpha value is -3.14. The van der Waals surface area contributed by atoms with Crippen molar-refractivity contribution in [2.75, 3.05) is 18.5 Å². The standard InChI is InChI=1S/C22H21N3O/c1-24(16-17-7-3-2-4-8-17)22(26)20-15-19(11-13-23-20)25-14-12-18-9-5-6-10-21(18)25/h2-11,13,15H,12,14,16H2,1H3. The molecule has 0 saturated heterocycles. The summed E-state index contributed by atoms with van der Waals surface area (Å²) in [4.78, 5) is 21.1. The number of carbonyl (C=O) groups excluding carboxylic acids is 1. The maximum absolute atomic E-state index is 12.8. The zero-order valence-electron chi connectivity index (χ0n) is 14.8. The molecule has 2 heterocycles. The average molecular weight is 343 g/mol. The third-order valence-corrected chi connectivity index (χ3v) is 4.77. The van der Waals surface area contributed by atoms with Crippen molar-refractivity contribution in [1.29, 1.82) is 0 Å². The number of anilines is 2. The van der Waals surface area contributed by atoms with E-state index in [1.54, 1.807) is 11.1 Å². The van der Waals surface area contributed by atoms with Gasteiger partial charge in [-0.15, -0.1) is 0 Å². The molecule has 26 heavy (non-hydrogen) atoms. The molecule has 0 atom stereocenters. The number of amides is 1. The number of para-hydroxylation sites is 1. The van der Waals surface area contributed by atoms with E-state index in [-0.39, 0.29) is 5.91 Å². The second kappa shape index (κ2) is 7.00. The van der Waals surface area contributed by atoms with Crippen LogP contribution in [0.25, 0.3) is 0 Å². The Morgan fingerprint density at radius 2 is 1.85 bits per heavy atom. The first kappa shape index (κ1) is 16.3. The van der Waals surface area contributed by atoms with Crippen molar-refractivity contribution in [2.45, 2.75) is 13.0 Å². The normalized spacial score (nSPS) is 12.7. The number of pyridine rings is 1. The molecule has 0 N–H and O–H groups in total. The summed E-state index contributed by atoms with van der Waals surface area (Å²) in [5.41, 5.74) is 5.16. The van der Waals surface area contributed by atoms with Gasteiger partial charge in [0.05, 0.1) is 0 Å². The molecular formula is C22H21N3O. The number of fused-ring (bicyclic) bond motifs is 1. The highest BCUT2D eigenvalue weighted by Crippen LogP contribution is 2.34. The van der Waals surface area contributed by atoms with Gasteiger partial charge >= 0.3 is 0 Å². The Kier molecular flexibility index (Phi) is 4.40. The van der Waals surface area contributed by atoms with Crippen molar-refractivity contribution in [1.82, 2.24) is 9.88 Å². The van der Waals surface area contributed by atoms with Gasteiger partial charge in [0.1, 0.15) is 5.69 Å². The molecule has 1 amide bonds. The molecule has 130 valence electrons. The Labute approximate surface area is 153 Å². The van der Waals surface area contributed by atoms with Crippen molar-refractivity contribution in [3.8, 4) is 0 Å². The molecule has 4 nitrogen and oxygen atoms in total. The molecule has 0 unspecified atom stereocenters. The Morgan fingerprint density at radius 1 is 1.08 bits per heavy atom. The fourth-order valence-corrected chi connectivity index (χ4v) is 3.44. The van der Waals surface area contributed by atoms with E-state index < -0.39 is 0 Å². The minimum Gasteiger partial charge on any atom is -0.341 e. The Morgan fingerprint density at radius 3 is 2.69 bits per heavy atom. The van der Waals surface area contributed by atoms with Gasteiger partial charge in [0.2, 0.25) is 0 Å². The minimum absolute atomic E-state index is 0.0665. The van der Waals surface area contributed by atoms with E-state index in [1.165, 1.54) is 11.3 Å². The van der Waals surface area contributed by atoms with Crippen molar-refractivity contribution < 1.29 is 4.79 Å². The number of carbonyl (C=O) groups is 1. The SMILES string of the molecule is CN(Cc1ccccc1)C(=O)c1cc(N2CCc3ccccc32)ccn1. The van der Waals surface area contributed by atoms with Gasteiger partial charge in [-0.3, -0.25) is 9.78 Å². The molecule has 4 heteroatoms. The largest absolute Gasteiger partial charge is 0.341 e. The quantitative estimate of drug-likeness (QED) is 0.717. The van der Waals surface area contributed by atoms with E-state index in [9.17, 15) is 4.79 Å². The van der Waals surface area contributed by atoms with Crippen LogP contribution in [0.1, 0.15) is 21.6 Å². The van der Waals surface area contributed by atoms with Crippen LogP contribution in [0.3, 0.4) is 0 Å². The number of aromatic nitrogens is 1. The summed E-state index contributed by atoms with van der Waals surface area (Å²) in [6.45, 7) is 1.50. The fraction of sp³-hybridized carbons (Fsp3) is 0.182. The highest BCUT2D eigenvalue weighted by Gasteiger charge is 2.21. The molecule has 1 aliphatic rings. The van der Waals surface area contributed by atoms with Gasteiger partial charge in [0.25, 0.3) is 5.91 Å². The van der Waals surface area contributed by atoms with Crippen LogP contribution in [-0.2, 0) is 13.0 Å². The minimum atomic E-state index is -0.0665. The van der Waals surface area contributed by atoms with Crippen molar-refractivity contribution in [2.24, 2.45) is 0 Å². The van der Waals surface area contributed by atoms with Gasteiger partial charge in [-0.2, -0.15) is 0 Å². The van der Waals surface area contributed by atoms with Gasteiger partial charge in [-0.25, -0.2) is 0 Å². The molecule has 3 aromatic rings. The van der Waals surface area contributed by atoms with Crippen LogP contribution in [0.15, 0.2) is 72.9 Å². The predicted molar refractivity (Wildman–Crippen MR) is 104 cm³/mol. The molecule has 0 radical (unpaired) electrons. The Bertz CT molecular complexity index is 923. The van der Waals surface area contributed by atoms with E-state index in [4.69, 9.17) is 0 Å². The second-order valence-electron chi connectivity index (χ2n) is 6.58. The zero-order chi connectivity index (χ0) is 17.9. The van der Waals surface area contributed by atoms with Crippen LogP contribution in [0.4, 0.5) is 11.4 Å². The fourth-order valence-electron chi connectivity index (χ4n) is 3.44. The van der Waals surface area contributed by atoms with Gasteiger partial charge in [0, 0.05) is 37.7 Å². The molecule has 0 spiro atoms. The highest BCUT2D eigenvalue weighted by molar-refractivity contribution is 5.93. The third kappa shape index (κ3) is 3.18. The van der Waals surface area contributed by atoms with Gasteiger partial charge in [-0.05, 0) is 35.7 Å². The van der Waals surface area contributed by atoms with Crippen LogP contribution < -0.4 is 4.90 Å². The van der Waals surface area contributed by atoms with Crippen LogP contribution in [-0.4, -0.2) is 29.4 Å². The molecule has 0 fully saturated rings. The van der Waals surface area contributed by atoms with E-state index in [2.05, 4.69) is 34.1 Å². The van der Waals surface area contributed by atoms with Gasteiger partial charge in [-0.1, -0.05) is 48.5 Å². The number of hydrogen-bond donors (Lipinski definition) is 0. The van der Waals surface area contributed by atoms with E-state index in [0.717, 1.165) is 24.2 Å². The molecule has 1 aromatic heterocycles. The summed E-state index contributed by atoms with van der Waals surface area (Å²) in [6.07, 6.45) is 2.75.